The van der Waals surface area contributed by atoms with Crippen molar-refractivity contribution in [1.82, 2.24) is 45.0 Å². The zero-order valence-electron chi connectivity index (χ0n) is 19.4. The average molecular weight is 543 g/mol. The number of alkyl halides is 2. The van der Waals surface area contributed by atoms with Crippen LogP contribution in [0.2, 0.25) is 5.02 Å². The van der Waals surface area contributed by atoms with Gasteiger partial charge >= 0.3 is 6.55 Å². The molecule has 1 aliphatic rings. The predicted molar refractivity (Wildman–Crippen MR) is 126 cm³/mol. The number of pyridine rings is 1. The standard InChI is InChI=1S/C23H18ClF3N10O/c24-16-4-6-19(36-12-28-31-33-36)21(22(16)25)14-3-5-18(37(38)10-14)20(7-13-1-2-13)34-9-15(8-29-34)17-11-35(23(26)27)32-30-17/h3-6,8-13,20,23H,1-2,7H2/t20-/m0/s1. The molecule has 1 aliphatic carbocycles. The number of aromatic nitrogens is 10. The summed E-state index contributed by atoms with van der Waals surface area (Å²) in [6.07, 6.45) is 9.57. The maximum absolute atomic E-state index is 15.2. The summed E-state index contributed by atoms with van der Waals surface area (Å²) in [6, 6.07) is 5.75. The molecule has 5 aromatic rings. The Kier molecular flexibility index (Phi) is 6.02. The van der Waals surface area contributed by atoms with E-state index in [2.05, 4.69) is 30.9 Å². The highest BCUT2D eigenvalue weighted by Gasteiger charge is 2.32. The van der Waals surface area contributed by atoms with Gasteiger partial charge in [0.25, 0.3) is 0 Å². The van der Waals surface area contributed by atoms with Crippen LogP contribution in [0.1, 0.15) is 37.5 Å². The number of benzene rings is 1. The third-order valence-electron chi connectivity index (χ3n) is 6.42. The Morgan fingerprint density at radius 2 is 1.92 bits per heavy atom. The molecule has 1 saturated carbocycles. The zero-order valence-corrected chi connectivity index (χ0v) is 20.2. The summed E-state index contributed by atoms with van der Waals surface area (Å²) in [7, 11) is 0. The Morgan fingerprint density at radius 1 is 1.08 bits per heavy atom. The van der Waals surface area contributed by atoms with Gasteiger partial charge in [0.05, 0.1) is 34.2 Å². The Balaban J connectivity index is 1.38. The fourth-order valence-corrected chi connectivity index (χ4v) is 4.51. The largest absolute Gasteiger partial charge is 0.618 e. The lowest BCUT2D eigenvalue weighted by Crippen LogP contribution is -2.35. The quantitative estimate of drug-likeness (QED) is 0.215. The van der Waals surface area contributed by atoms with Gasteiger partial charge in [-0.3, -0.25) is 4.68 Å². The first-order chi connectivity index (χ1) is 18.4. The molecule has 0 radical (unpaired) electrons. The second-order valence-electron chi connectivity index (χ2n) is 8.94. The van der Waals surface area contributed by atoms with Crippen LogP contribution >= 0.6 is 11.6 Å². The van der Waals surface area contributed by atoms with Gasteiger partial charge in [0, 0.05) is 17.8 Å². The van der Waals surface area contributed by atoms with Crippen molar-refractivity contribution in [2.24, 2.45) is 5.92 Å². The summed E-state index contributed by atoms with van der Waals surface area (Å²) < 4.78 is 45.1. The van der Waals surface area contributed by atoms with Gasteiger partial charge in [-0.1, -0.05) is 29.7 Å². The van der Waals surface area contributed by atoms with Gasteiger partial charge in [-0.25, -0.2) is 4.39 Å². The summed E-state index contributed by atoms with van der Waals surface area (Å²) in [5, 5.41) is 35.9. The highest BCUT2D eigenvalue weighted by molar-refractivity contribution is 6.31. The Labute approximate surface area is 217 Å². The molecule has 11 nitrogen and oxygen atoms in total. The van der Waals surface area contributed by atoms with Crippen molar-refractivity contribution in [2.75, 3.05) is 0 Å². The van der Waals surface area contributed by atoms with Crippen molar-refractivity contribution < 1.29 is 17.9 Å². The fourth-order valence-electron chi connectivity index (χ4n) is 4.35. The summed E-state index contributed by atoms with van der Waals surface area (Å²) >= 11 is 6.05. The first-order valence-electron chi connectivity index (χ1n) is 11.6. The first kappa shape index (κ1) is 24.0. The summed E-state index contributed by atoms with van der Waals surface area (Å²) in [5.74, 6) is -0.292. The minimum Gasteiger partial charge on any atom is -0.618 e. The number of hydrogen-bond acceptors (Lipinski definition) is 7. The molecular weight excluding hydrogens is 525 g/mol. The molecule has 0 aliphatic heterocycles. The van der Waals surface area contributed by atoms with Gasteiger partial charge in [0.2, 0.25) is 5.69 Å². The van der Waals surface area contributed by atoms with Crippen LogP contribution in [0.25, 0.3) is 28.1 Å². The van der Waals surface area contributed by atoms with Crippen molar-refractivity contribution in [2.45, 2.75) is 31.9 Å². The van der Waals surface area contributed by atoms with E-state index in [1.165, 1.54) is 29.5 Å². The van der Waals surface area contributed by atoms with Crippen molar-refractivity contribution in [3.8, 4) is 28.1 Å². The fraction of sp³-hybridized carbons (Fsp3) is 0.261. The molecule has 0 amide bonds. The topological polar surface area (TPSA) is 119 Å². The second-order valence-corrected chi connectivity index (χ2v) is 9.35. The molecule has 6 rings (SSSR count). The van der Waals surface area contributed by atoms with E-state index in [9.17, 15) is 14.0 Å². The van der Waals surface area contributed by atoms with Gasteiger partial charge in [-0.15, -0.1) is 10.2 Å². The van der Waals surface area contributed by atoms with Gasteiger partial charge < -0.3 is 5.21 Å². The van der Waals surface area contributed by atoms with Gasteiger partial charge in [0.15, 0.2) is 12.0 Å². The predicted octanol–water partition coefficient (Wildman–Crippen LogP) is 3.99. The first-order valence-corrected chi connectivity index (χ1v) is 12.0. The number of tetrazole rings is 1. The van der Waals surface area contributed by atoms with Crippen molar-refractivity contribution >= 4 is 11.6 Å². The third-order valence-corrected chi connectivity index (χ3v) is 6.72. The highest BCUT2D eigenvalue weighted by Crippen LogP contribution is 2.39. The molecule has 0 bridgehead atoms. The number of halogens is 4. The van der Waals surface area contributed by atoms with E-state index < -0.39 is 18.4 Å². The molecule has 194 valence electrons. The van der Waals surface area contributed by atoms with Crippen molar-refractivity contribution in [1.29, 1.82) is 0 Å². The maximum Gasteiger partial charge on any atom is 0.334 e. The molecule has 0 spiro atoms. The van der Waals surface area contributed by atoms with E-state index in [4.69, 9.17) is 11.6 Å². The van der Waals surface area contributed by atoms with E-state index in [1.54, 1.807) is 29.1 Å². The third kappa shape index (κ3) is 4.47. The SMILES string of the molecule is [O-][n+]1cc(-c2c(-n3cnnn3)ccc(Cl)c2F)ccc1[C@H](CC1CC1)n1cc(-c2cn(C(F)F)nn2)cn1. The van der Waals surface area contributed by atoms with Crippen LogP contribution in [-0.4, -0.2) is 45.0 Å². The molecule has 15 heteroatoms. The second kappa shape index (κ2) is 9.52. The smallest absolute Gasteiger partial charge is 0.334 e. The van der Waals surface area contributed by atoms with Crippen LogP contribution < -0.4 is 4.73 Å². The summed E-state index contributed by atoms with van der Waals surface area (Å²) in [5.41, 5.74) is 1.77. The van der Waals surface area contributed by atoms with Crippen molar-refractivity contribution in [3.63, 3.8) is 0 Å². The van der Waals surface area contributed by atoms with E-state index in [0.717, 1.165) is 19.0 Å². The Morgan fingerprint density at radius 3 is 2.61 bits per heavy atom. The average Bonchev–Trinajstić information content (AvgIpc) is 3.32. The molecule has 1 atom stereocenters. The van der Waals surface area contributed by atoms with E-state index in [-0.39, 0.29) is 21.8 Å². The lowest BCUT2D eigenvalue weighted by atomic mass is 10.0. The van der Waals surface area contributed by atoms with E-state index in [1.807, 2.05) is 0 Å². The normalized spacial score (nSPS) is 14.3. The van der Waals surface area contributed by atoms with Crippen LogP contribution in [0.15, 0.2) is 55.4 Å². The summed E-state index contributed by atoms with van der Waals surface area (Å²) in [6.45, 7) is -2.81. The van der Waals surface area contributed by atoms with E-state index >= 15 is 4.39 Å². The molecule has 0 N–H and O–H groups in total. The number of rotatable bonds is 8. The lowest BCUT2D eigenvalue weighted by molar-refractivity contribution is -0.615. The van der Waals surface area contributed by atoms with Gasteiger partial charge in [-0.2, -0.15) is 28.0 Å². The molecular formula is C23H18ClF3N10O. The molecule has 0 saturated heterocycles. The maximum atomic E-state index is 15.2. The van der Waals surface area contributed by atoms with Gasteiger partial charge in [0.1, 0.15) is 18.1 Å². The minimum atomic E-state index is -2.81. The van der Waals surface area contributed by atoms with E-state index in [0.29, 0.717) is 38.7 Å². The number of hydrogen-bond donors (Lipinski definition) is 0. The Hall–Kier alpha value is -4.33. The van der Waals surface area contributed by atoms with Crippen LogP contribution in [0, 0.1) is 16.9 Å². The molecule has 1 fully saturated rings. The monoisotopic (exact) mass is 542 g/mol. The summed E-state index contributed by atoms with van der Waals surface area (Å²) in [4.78, 5) is 0. The zero-order chi connectivity index (χ0) is 26.4. The van der Waals surface area contributed by atoms with Crippen molar-refractivity contribution in [3.05, 3.63) is 77.1 Å². The minimum absolute atomic E-state index is 0.0724. The van der Waals surface area contributed by atoms with Crippen LogP contribution in [0.4, 0.5) is 13.2 Å². The highest BCUT2D eigenvalue weighted by atomic mass is 35.5. The molecule has 38 heavy (non-hydrogen) atoms. The van der Waals surface area contributed by atoms with Crippen LogP contribution in [0.3, 0.4) is 0 Å². The molecule has 0 unspecified atom stereocenters. The van der Waals surface area contributed by atoms with Crippen LogP contribution in [-0.2, 0) is 0 Å². The molecule has 4 aromatic heterocycles. The van der Waals surface area contributed by atoms with Gasteiger partial charge in [-0.05, 0) is 41.0 Å². The van der Waals surface area contributed by atoms with Crippen LogP contribution in [0.5, 0.6) is 0 Å². The molecule has 1 aromatic carbocycles. The Bertz CT molecular complexity index is 1600. The number of nitrogens with zero attached hydrogens (tertiary/aromatic N) is 10. The molecule has 4 heterocycles. The lowest BCUT2D eigenvalue weighted by Gasteiger charge is -2.18.